The average Bonchev–Trinajstić information content (AvgIpc) is 2.71. The molecule has 0 aromatic carbocycles. The van der Waals surface area contributed by atoms with E-state index in [0.717, 1.165) is 0 Å². The molecule has 0 saturated heterocycles. The van der Waals surface area contributed by atoms with Crippen molar-refractivity contribution >= 4 is 0 Å². The molecule has 2 aliphatic carbocycles. The van der Waals surface area contributed by atoms with Crippen LogP contribution in [0.2, 0.25) is 0 Å². The molecule has 2 saturated carbocycles. The van der Waals surface area contributed by atoms with Crippen LogP contribution in [-0.4, -0.2) is 0 Å². The second kappa shape index (κ2) is 8.55. The van der Waals surface area contributed by atoms with Gasteiger partial charge >= 0.3 is 22.4 Å². The van der Waals surface area contributed by atoms with Gasteiger partial charge in [-0.1, -0.05) is 69.2 Å². The molecule has 2 aliphatic rings. The third-order valence-electron chi connectivity index (χ3n) is 5.62. The first-order chi connectivity index (χ1) is 9.11. The van der Waals surface area contributed by atoms with Gasteiger partial charge in [0.1, 0.15) is 0 Å². The van der Waals surface area contributed by atoms with Crippen LogP contribution in [0.25, 0.3) is 0 Å². The van der Waals surface area contributed by atoms with Crippen molar-refractivity contribution in [3.05, 3.63) is 59.2 Å². The van der Waals surface area contributed by atoms with Crippen LogP contribution in [0.15, 0.2) is 0 Å². The maximum atomic E-state index is 2.20. The van der Waals surface area contributed by atoms with Crippen molar-refractivity contribution in [1.29, 1.82) is 0 Å². The van der Waals surface area contributed by atoms with Crippen LogP contribution < -0.4 is 0 Å². The summed E-state index contributed by atoms with van der Waals surface area (Å²) in [7, 11) is 0. The van der Waals surface area contributed by atoms with Crippen molar-refractivity contribution in [2.75, 3.05) is 0 Å². The molecule has 1 heteroatoms. The Labute approximate surface area is 150 Å². The molecule has 0 bridgehead atoms. The number of rotatable bonds is 0. The molecule has 0 atom stereocenters. The normalized spacial score (nSPS) is 27.1. The Kier molecular flexibility index (Phi) is 8.85. The third-order valence-corrected chi connectivity index (χ3v) is 5.62. The van der Waals surface area contributed by atoms with E-state index in [9.17, 15) is 0 Å². The summed E-state index contributed by atoms with van der Waals surface area (Å²) in [5.74, 6) is 14.7. The molecule has 0 unspecified atom stereocenters. The molecule has 0 amide bonds. The fourth-order valence-electron chi connectivity index (χ4n) is 2.81. The quantitative estimate of drug-likeness (QED) is 0.476. The van der Waals surface area contributed by atoms with Crippen molar-refractivity contribution < 1.29 is 22.4 Å². The fourth-order valence-corrected chi connectivity index (χ4v) is 2.81. The molecule has 0 nitrogen and oxygen atoms in total. The Balaban J connectivity index is 0.000000364. The Morgan fingerprint density at radius 3 is 0.333 bits per heavy atom. The first kappa shape index (κ1) is 21.7. The van der Waals surface area contributed by atoms with E-state index in [-0.39, 0.29) is 22.4 Å². The van der Waals surface area contributed by atoms with Gasteiger partial charge < -0.3 is 0 Å². The Morgan fingerprint density at radius 1 is 0.238 bits per heavy atom. The minimum atomic E-state index is 0. The summed E-state index contributed by atoms with van der Waals surface area (Å²) in [5, 5.41) is 0. The van der Waals surface area contributed by atoms with Crippen molar-refractivity contribution in [2.45, 2.75) is 69.2 Å². The summed E-state index contributed by atoms with van der Waals surface area (Å²) < 4.78 is 0. The van der Waals surface area contributed by atoms with Crippen molar-refractivity contribution in [3.63, 3.8) is 0 Å². The van der Waals surface area contributed by atoms with E-state index in [4.69, 9.17) is 0 Å². The Bertz CT molecular complexity index is 181. The van der Waals surface area contributed by atoms with Crippen LogP contribution in [0.5, 0.6) is 0 Å². The molecule has 0 aromatic heterocycles. The minimum absolute atomic E-state index is 0. The van der Waals surface area contributed by atoms with Gasteiger partial charge in [0.2, 0.25) is 0 Å². The van der Waals surface area contributed by atoms with Gasteiger partial charge in [-0.2, -0.15) is 0 Å². The number of hydrogen-bond donors (Lipinski definition) is 0. The van der Waals surface area contributed by atoms with Crippen LogP contribution in [-0.2, 0) is 22.4 Å². The molecular weight excluding hydrogens is 421 g/mol. The molecule has 2 rings (SSSR count). The second-order valence-electron chi connectivity index (χ2n) is 6.25. The molecule has 0 spiro atoms. The summed E-state index contributed by atoms with van der Waals surface area (Å²) in [5.41, 5.74) is 0. The molecule has 2 fully saturated rings. The third kappa shape index (κ3) is 4.39. The van der Waals surface area contributed by atoms with Gasteiger partial charge in [0, 0.05) is 0 Å². The zero-order valence-corrected chi connectivity index (χ0v) is 20.8. The van der Waals surface area contributed by atoms with E-state index in [1.807, 2.05) is 0 Å². The topological polar surface area (TPSA) is 0 Å². The molecular formula is C20H33Ta. The van der Waals surface area contributed by atoms with Crippen molar-refractivity contribution in [1.82, 2.24) is 0 Å². The van der Waals surface area contributed by atoms with E-state index >= 15 is 0 Å². The van der Waals surface area contributed by atoms with E-state index < -0.39 is 0 Å². The molecule has 0 heterocycles. The van der Waals surface area contributed by atoms with Gasteiger partial charge in [0.15, 0.2) is 0 Å². The van der Waals surface area contributed by atoms with Crippen molar-refractivity contribution in [3.8, 4) is 0 Å². The molecule has 0 N–H and O–H groups in total. The Hall–Kier alpha value is 0.740. The predicted molar refractivity (Wildman–Crippen MR) is 93.4 cm³/mol. The summed E-state index contributed by atoms with van der Waals surface area (Å²) in [4.78, 5) is 0. The standard InChI is InChI=1S/2C10H15.Ta.3H/c2*1-6-7(2)9(4)10(5)8(6)3;;;;/h2*1-5H3;;;;. The van der Waals surface area contributed by atoms with Crippen molar-refractivity contribution in [2.24, 2.45) is 0 Å². The van der Waals surface area contributed by atoms with E-state index in [0.29, 0.717) is 0 Å². The van der Waals surface area contributed by atoms with Crippen LogP contribution in [0.4, 0.5) is 0 Å². The molecule has 118 valence electrons. The van der Waals surface area contributed by atoms with Crippen LogP contribution in [0, 0.1) is 59.2 Å². The zero-order chi connectivity index (χ0) is 15.8. The van der Waals surface area contributed by atoms with Gasteiger partial charge in [-0.25, -0.2) is 0 Å². The monoisotopic (exact) mass is 454 g/mol. The predicted octanol–water partition coefficient (Wildman–Crippen LogP) is 5.14. The van der Waals surface area contributed by atoms with E-state index in [1.54, 1.807) is 0 Å². The average molecular weight is 454 g/mol. The van der Waals surface area contributed by atoms with Crippen LogP contribution >= 0.6 is 0 Å². The number of hydrogen-bond acceptors (Lipinski definition) is 0. The Morgan fingerprint density at radius 2 is 0.286 bits per heavy atom. The van der Waals surface area contributed by atoms with Crippen LogP contribution in [0.1, 0.15) is 69.2 Å². The molecule has 21 heavy (non-hydrogen) atoms. The zero-order valence-electron chi connectivity index (χ0n) is 15.7. The summed E-state index contributed by atoms with van der Waals surface area (Å²) in [6, 6.07) is 0. The SMILES string of the molecule is C[C]1[C](C)[C](C)[C](C)[C]1C.C[C]1[C](C)[C](C)[C](C)[C]1C.[TaH3]. The van der Waals surface area contributed by atoms with Gasteiger partial charge in [-0.15, -0.1) is 0 Å². The molecule has 0 aliphatic heterocycles. The van der Waals surface area contributed by atoms with Gasteiger partial charge in [0.05, 0.1) is 0 Å². The second-order valence-corrected chi connectivity index (χ2v) is 6.25. The van der Waals surface area contributed by atoms with E-state index in [1.165, 1.54) is 59.2 Å². The van der Waals surface area contributed by atoms with Gasteiger partial charge in [-0.05, 0) is 59.2 Å². The summed E-state index contributed by atoms with van der Waals surface area (Å²) in [6.07, 6.45) is 0. The van der Waals surface area contributed by atoms with Gasteiger partial charge in [-0.3, -0.25) is 0 Å². The first-order valence-electron chi connectivity index (χ1n) is 7.50. The van der Waals surface area contributed by atoms with E-state index in [2.05, 4.69) is 69.2 Å². The fraction of sp³-hybridized carbons (Fsp3) is 0.500. The first-order valence-corrected chi connectivity index (χ1v) is 7.50. The van der Waals surface area contributed by atoms with Gasteiger partial charge in [0.25, 0.3) is 0 Å². The van der Waals surface area contributed by atoms with Crippen LogP contribution in [0.3, 0.4) is 0 Å². The summed E-state index contributed by atoms with van der Waals surface area (Å²) in [6.45, 7) is 22.0. The summed E-state index contributed by atoms with van der Waals surface area (Å²) >= 11 is 0. The molecule has 0 aromatic rings. The maximum absolute atomic E-state index is 2.20. The molecule has 11 radical (unpaired) electrons.